The standard InChI is InChI=1S/C12H24BrNO2/c1-12(2)6-5-11(16-12)8-14(3)7-10(13)9-15-4/h10-11H,5-9H2,1-4H3. The largest absolute Gasteiger partial charge is 0.383 e. The molecule has 4 heteroatoms. The van der Waals surface area contributed by atoms with Crippen molar-refractivity contribution in [2.75, 3.05) is 33.9 Å². The van der Waals surface area contributed by atoms with Gasteiger partial charge in [0.25, 0.3) is 0 Å². The molecule has 1 aliphatic rings. The molecule has 1 rings (SSSR count). The van der Waals surface area contributed by atoms with Gasteiger partial charge < -0.3 is 14.4 Å². The fourth-order valence-electron chi connectivity index (χ4n) is 2.20. The third-order valence-electron chi connectivity index (χ3n) is 2.93. The minimum atomic E-state index is 0.0752. The summed E-state index contributed by atoms with van der Waals surface area (Å²) in [5.74, 6) is 0. The fraction of sp³-hybridized carbons (Fsp3) is 1.00. The molecule has 0 spiro atoms. The van der Waals surface area contributed by atoms with Gasteiger partial charge in [-0.15, -0.1) is 0 Å². The maximum atomic E-state index is 5.97. The van der Waals surface area contributed by atoms with Gasteiger partial charge in [0.1, 0.15) is 0 Å². The Bertz CT molecular complexity index is 211. The first kappa shape index (κ1) is 14.4. The number of nitrogens with zero attached hydrogens (tertiary/aromatic N) is 1. The molecule has 0 aromatic carbocycles. The molecule has 1 fully saturated rings. The minimum Gasteiger partial charge on any atom is -0.383 e. The van der Waals surface area contributed by atoms with E-state index in [0.717, 1.165) is 19.7 Å². The normalized spacial score (nSPS) is 26.2. The Labute approximate surface area is 108 Å². The van der Waals surface area contributed by atoms with E-state index in [4.69, 9.17) is 9.47 Å². The van der Waals surface area contributed by atoms with Gasteiger partial charge in [0.2, 0.25) is 0 Å². The van der Waals surface area contributed by atoms with Crippen molar-refractivity contribution in [1.82, 2.24) is 4.90 Å². The zero-order valence-electron chi connectivity index (χ0n) is 10.8. The van der Waals surface area contributed by atoms with Crippen LogP contribution in [0.25, 0.3) is 0 Å². The van der Waals surface area contributed by atoms with E-state index in [0.29, 0.717) is 10.9 Å². The molecule has 2 atom stereocenters. The predicted molar refractivity (Wildman–Crippen MR) is 70.3 cm³/mol. The van der Waals surface area contributed by atoms with E-state index in [-0.39, 0.29) is 5.60 Å². The Morgan fingerprint density at radius 3 is 2.75 bits per heavy atom. The minimum absolute atomic E-state index is 0.0752. The average molecular weight is 294 g/mol. The van der Waals surface area contributed by atoms with Crippen molar-refractivity contribution < 1.29 is 9.47 Å². The van der Waals surface area contributed by atoms with Crippen LogP contribution in [-0.2, 0) is 9.47 Å². The molecule has 0 aliphatic carbocycles. The van der Waals surface area contributed by atoms with E-state index >= 15 is 0 Å². The first-order valence-corrected chi connectivity index (χ1v) is 6.84. The number of ether oxygens (including phenoxy) is 2. The third kappa shape index (κ3) is 5.13. The van der Waals surface area contributed by atoms with Crippen molar-refractivity contribution in [1.29, 1.82) is 0 Å². The molecule has 1 aliphatic heterocycles. The number of rotatable bonds is 6. The Hall–Kier alpha value is 0.360. The van der Waals surface area contributed by atoms with Crippen molar-refractivity contribution in [2.24, 2.45) is 0 Å². The van der Waals surface area contributed by atoms with Crippen molar-refractivity contribution in [3.05, 3.63) is 0 Å². The van der Waals surface area contributed by atoms with Crippen LogP contribution in [-0.4, -0.2) is 55.3 Å². The molecule has 2 unspecified atom stereocenters. The first-order chi connectivity index (χ1) is 7.43. The van der Waals surface area contributed by atoms with Crippen molar-refractivity contribution in [3.63, 3.8) is 0 Å². The highest BCUT2D eigenvalue weighted by atomic mass is 79.9. The second kappa shape index (κ2) is 6.34. The molecule has 1 heterocycles. The van der Waals surface area contributed by atoms with Crippen LogP contribution in [0.3, 0.4) is 0 Å². The fourth-order valence-corrected chi connectivity index (χ4v) is 2.96. The van der Waals surface area contributed by atoms with Crippen LogP contribution in [0.1, 0.15) is 26.7 Å². The molecule has 96 valence electrons. The van der Waals surface area contributed by atoms with Crippen LogP contribution in [0.15, 0.2) is 0 Å². The Morgan fingerprint density at radius 2 is 2.25 bits per heavy atom. The predicted octanol–water partition coefficient (Wildman–Crippen LogP) is 2.29. The molecular weight excluding hydrogens is 270 g/mol. The number of likely N-dealkylation sites (N-methyl/N-ethyl adjacent to an activating group) is 1. The molecule has 0 bridgehead atoms. The number of alkyl halides is 1. The molecule has 0 N–H and O–H groups in total. The van der Waals surface area contributed by atoms with E-state index in [2.05, 4.69) is 41.7 Å². The number of methoxy groups -OCH3 is 1. The van der Waals surface area contributed by atoms with Gasteiger partial charge in [0, 0.05) is 20.2 Å². The maximum Gasteiger partial charge on any atom is 0.0710 e. The second-order valence-corrected chi connectivity index (χ2v) is 6.61. The Morgan fingerprint density at radius 1 is 1.56 bits per heavy atom. The molecule has 3 nitrogen and oxygen atoms in total. The van der Waals surface area contributed by atoms with E-state index in [1.807, 2.05) is 0 Å². The zero-order valence-corrected chi connectivity index (χ0v) is 12.4. The first-order valence-electron chi connectivity index (χ1n) is 5.92. The van der Waals surface area contributed by atoms with Crippen LogP contribution in [0.5, 0.6) is 0 Å². The molecule has 1 saturated heterocycles. The lowest BCUT2D eigenvalue weighted by Crippen LogP contribution is -2.35. The summed E-state index contributed by atoms with van der Waals surface area (Å²) in [7, 11) is 3.87. The zero-order chi connectivity index (χ0) is 12.2. The van der Waals surface area contributed by atoms with E-state index in [9.17, 15) is 0 Å². The smallest absolute Gasteiger partial charge is 0.0710 e. The van der Waals surface area contributed by atoms with E-state index < -0.39 is 0 Å². The summed E-state index contributed by atoms with van der Waals surface area (Å²) in [6, 6.07) is 0. The summed E-state index contributed by atoms with van der Waals surface area (Å²) >= 11 is 3.60. The van der Waals surface area contributed by atoms with Gasteiger partial charge in [-0.25, -0.2) is 0 Å². The van der Waals surface area contributed by atoms with Crippen LogP contribution in [0, 0.1) is 0 Å². The van der Waals surface area contributed by atoms with Gasteiger partial charge in [-0.05, 0) is 33.7 Å². The van der Waals surface area contributed by atoms with Gasteiger partial charge in [-0.1, -0.05) is 15.9 Å². The highest BCUT2D eigenvalue weighted by Crippen LogP contribution is 2.29. The molecule has 0 amide bonds. The van der Waals surface area contributed by atoms with Crippen molar-refractivity contribution in [3.8, 4) is 0 Å². The second-order valence-electron chi connectivity index (χ2n) is 5.31. The lowest BCUT2D eigenvalue weighted by molar-refractivity contribution is -0.0262. The van der Waals surface area contributed by atoms with Crippen LogP contribution >= 0.6 is 15.9 Å². The van der Waals surface area contributed by atoms with Gasteiger partial charge in [-0.2, -0.15) is 0 Å². The highest BCUT2D eigenvalue weighted by molar-refractivity contribution is 9.09. The molecular formula is C12H24BrNO2. The average Bonchev–Trinajstić information content (AvgIpc) is 2.45. The third-order valence-corrected chi connectivity index (χ3v) is 3.48. The summed E-state index contributed by atoms with van der Waals surface area (Å²) < 4.78 is 11.1. The van der Waals surface area contributed by atoms with Crippen molar-refractivity contribution in [2.45, 2.75) is 43.2 Å². The summed E-state index contributed by atoms with van der Waals surface area (Å²) in [4.78, 5) is 2.71. The summed E-state index contributed by atoms with van der Waals surface area (Å²) in [6.07, 6.45) is 2.73. The molecule has 16 heavy (non-hydrogen) atoms. The summed E-state index contributed by atoms with van der Waals surface area (Å²) in [5, 5.41) is 0. The monoisotopic (exact) mass is 293 g/mol. The lowest BCUT2D eigenvalue weighted by Gasteiger charge is -2.25. The van der Waals surface area contributed by atoms with E-state index in [1.165, 1.54) is 12.8 Å². The van der Waals surface area contributed by atoms with Gasteiger partial charge >= 0.3 is 0 Å². The number of hydrogen-bond donors (Lipinski definition) is 0. The Kier molecular flexibility index (Phi) is 5.71. The molecule has 0 saturated carbocycles. The van der Waals surface area contributed by atoms with Crippen LogP contribution < -0.4 is 0 Å². The molecule has 0 aromatic rings. The Balaban J connectivity index is 2.22. The van der Waals surface area contributed by atoms with Crippen LogP contribution in [0.2, 0.25) is 0 Å². The maximum absolute atomic E-state index is 5.97. The van der Waals surface area contributed by atoms with Crippen molar-refractivity contribution >= 4 is 15.9 Å². The van der Waals surface area contributed by atoms with Gasteiger partial charge in [0.15, 0.2) is 0 Å². The van der Waals surface area contributed by atoms with Crippen LogP contribution in [0.4, 0.5) is 0 Å². The SMILES string of the molecule is COCC(Br)CN(C)CC1CCC(C)(C)O1. The molecule has 0 radical (unpaired) electrons. The topological polar surface area (TPSA) is 21.7 Å². The number of halogens is 1. The quantitative estimate of drug-likeness (QED) is 0.702. The molecule has 0 aromatic heterocycles. The lowest BCUT2D eigenvalue weighted by atomic mass is 10.1. The highest BCUT2D eigenvalue weighted by Gasteiger charge is 2.32. The summed E-state index contributed by atoms with van der Waals surface area (Å²) in [5.41, 5.74) is 0.0752. The number of hydrogen-bond acceptors (Lipinski definition) is 3. The van der Waals surface area contributed by atoms with Gasteiger partial charge in [-0.3, -0.25) is 0 Å². The summed E-state index contributed by atoms with van der Waals surface area (Å²) in [6.45, 7) is 7.10. The van der Waals surface area contributed by atoms with Gasteiger partial charge in [0.05, 0.1) is 23.1 Å². The van der Waals surface area contributed by atoms with E-state index in [1.54, 1.807) is 7.11 Å².